The van der Waals surface area contributed by atoms with Gasteiger partial charge in [0, 0.05) is 31.8 Å². The smallest absolute Gasteiger partial charge is 0.339 e. The molecule has 4 aromatic rings. The maximum atomic E-state index is 13.3. The zero-order chi connectivity index (χ0) is 19.5. The molecule has 138 valence electrons. The molecule has 0 fully saturated rings. The maximum Gasteiger partial charge on any atom is 0.339 e. The number of carbonyl (C=O) groups is 2. The summed E-state index contributed by atoms with van der Waals surface area (Å²) in [6, 6.07) is 23.7. The third kappa shape index (κ3) is 3.71. The van der Waals surface area contributed by atoms with Crippen molar-refractivity contribution in [3.05, 3.63) is 105 Å². The van der Waals surface area contributed by atoms with Crippen molar-refractivity contribution in [3.8, 4) is 0 Å². The average Bonchev–Trinajstić information content (AvgIpc) is 3.17. The van der Waals surface area contributed by atoms with Crippen LogP contribution in [0, 0.1) is 3.57 Å². The summed E-state index contributed by atoms with van der Waals surface area (Å²) in [4.78, 5) is 29.1. The molecular weight excluding hydrogens is 465 g/mol. The number of ketones is 1. The number of rotatable bonds is 5. The number of H-pyrrole nitrogens is 1. The number of ether oxygens (including phenoxy) is 1. The highest BCUT2D eigenvalue weighted by atomic mass is 127. The highest BCUT2D eigenvalue weighted by Crippen LogP contribution is 2.28. The number of aromatic amines is 1. The molecule has 1 aromatic heterocycles. The fourth-order valence-corrected chi connectivity index (χ4v) is 3.44. The number of benzene rings is 3. The second kappa shape index (κ2) is 7.98. The summed E-state index contributed by atoms with van der Waals surface area (Å²) in [7, 11) is 0. The van der Waals surface area contributed by atoms with Gasteiger partial charge >= 0.3 is 5.97 Å². The van der Waals surface area contributed by atoms with Crippen LogP contribution in [0.25, 0.3) is 10.9 Å². The number of para-hydroxylation sites is 1. The monoisotopic (exact) mass is 481 g/mol. The van der Waals surface area contributed by atoms with Crippen LogP contribution in [0.1, 0.15) is 32.4 Å². The van der Waals surface area contributed by atoms with Crippen LogP contribution in [-0.4, -0.2) is 16.7 Å². The Balaban J connectivity index is 1.70. The Morgan fingerprint density at radius 2 is 1.54 bits per heavy atom. The van der Waals surface area contributed by atoms with Crippen LogP contribution in [0.5, 0.6) is 0 Å². The van der Waals surface area contributed by atoms with E-state index in [1.807, 2.05) is 54.6 Å². The van der Waals surface area contributed by atoms with Crippen molar-refractivity contribution in [1.82, 2.24) is 4.98 Å². The average molecular weight is 481 g/mol. The van der Waals surface area contributed by atoms with Crippen LogP contribution < -0.4 is 0 Å². The molecule has 1 heterocycles. The molecule has 1 atom stereocenters. The molecule has 0 saturated carbocycles. The fraction of sp³-hybridized carbons (Fsp3) is 0.0435. The summed E-state index contributed by atoms with van der Waals surface area (Å²) in [6.45, 7) is 0. The Morgan fingerprint density at radius 1 is 0.857 bits per heavy atom. The number of carbonyl (C=O) groups excluding carboxylic acids is 2. The fourth-order valence-electron chi connectivity index (χ4n) is 3.08. The van der Waals surface area contributed by atoms with Crippen molar-refractivity contribution in [2.45, 2.75) is 6.10 Å². The number of fused-ring (bicyclic) bond motifs is 1. The Morgan fingerprint density at radius 3 is 2.29 bits per heavy atom. The first-order valence-corrected chi connectivity index (χ1v) is 9.83. The van der Waals surface area contributed by atoms with E-state index in [4.69, 9.17) is 4.74 Å². The zero-order valence-electron chi connectivity index (χ0n) is 14.8. The first-order chi connectivity index (χ1) is 13.6. The van der Waals surface area contributed by atoms with E-state index in [0.29, 0.717) is 16.7 Å². The summed E-state index contributed by atoms with van der Waals surface area (Å²) in [5.74, 6) is -0.791. The predicted octanol–water partition coefficient (Wildman–Crippen LogP) is 5.55. The molecule has 1 N–H and O–H groups in total. The second-order valence-electron chi connectivity index (χ2n) is 6.32. The molecule has 0 amide bonds. The molecule has 0 aliphatic heterocycles. The molecule has 3 aromatic carbocycles. The van der Waals surface area contributed by atoms with Crippen LogP contribution in [0.3, 0.4) is 0 Å². The van der Waals surface area contributed by atoms with Crippen molar-refractivity contribution >= 4 is 45.2 Å². The van der Waals surface area contributed by atoms with Gasteiger partial charge < -0.3 is 9.72 Å². The largest absolute Gasteiger partial charge is 0.445 e. The second-order valence-corrected chi connectivity index (χ2v) is 7.56. The molecule has 5 heteroatoms. The summed E-state index contributed by atoms with van der Waals surface area (Å²) >= 11 is 2.17. The van der Waals surface area contributed by atoms with Gasteiger partial charge in [0.25, 0.3) is 0 Å². The molecule has 0 spiro atoms. The lowest BCUT2D eigenvalue weighted by atomic mass is 9.99. The van der Waals surface area contributed by atoms with Crippen molar-refractivity contribution < 1.29 is 14.3 Å². The summed E-state index contributed by atoms with van der Waals surface area (Å²) < 4.78 is 6.71. The lowest BCUT2D eigenvalue weighted by Gasteiger charge is -2.17. The van der Waals surface area contributed by atoms with Crippen LogP contribution in [0.2, 0.25) is 0 Å². The molecule has 0 saturated heterocycles. The van der Waals surface area contributed by atoms with Crippen molar-refractivity contribution in [3.63, 3.8) is 0 Å². The van der Waals surface area contributed by atoms with Gasteiger partial charge in [-0.1, -0.05) is 48.5 Å². The van der Waals surface area contributed by atoms with Crippen LogP contribution in [-0.2, 0) is 4.74 Å². The molecule has 0 bridgehead atoms. The van der Waals surface area contributed by atoms with Gasteiger partial charge in [0.2, 0.25) is 5.78 Å². The van der Waals surface area contributed by atoms with Crippen LogP contribution in [0.4, 0.5) is 0 Å². The van der Waals surface area contributed by atoms with Gasteiger partial charge in [-0.2, -0.15) is 0 Å². The predicted molar refractivity (Wildman–Crippen MR) is 116 cm³/mol. The van der Waals surface area contributed by atoms with Gasteiger partial charge in [0.15, 0.2) is 6.10 Å². The van der Waals surface area contributed by atoms with Crippen molar-refractivity contribution in [2.75, 3.05) is 0 Å². The number of aromatic nitrogens is 1. The normalized spacial score (nSPS) is 11.9. The third-order valence-electron chi connectivity index (χ3n) is 4.50. The Labute approximate surface area is 175 Å². The lowest BCUT2D eigenvalue weighted by molar-refractivity contribution is 0.0280. The van der Waals surface area contributed by atoms with E-state index in [1.54, 1.807) is 30.5 Å². The standard InChI is InChI=1S/C23H16INO3/c24-17-12-10-16(11-13-17)23(27)28-22(15-6-2-1-3-7-15)21(26)19-14-25-20-9-5-4-8-18(19)20/h1-14,22,25H. The number of Topliss-reactive ketones (excluding diaryl/α,β-unsaturated/α-hetero) is 1. The molecule has 4 rings (SSSR count). The highest BCUT2D eigenvalue weighted by molar-refractivity contribution is 14.1. The number of esters is 1. The number of halogens is 1. The SMILES string of the molecule is O=C(OC(C(=O)c1c[nH]c2ccccc12)c1ccccc1)c1ccc(I)cc1. The van der Waals surface area contributed by atoms with Crippen LogP contribution >= 0.6 is 22.6 Å². The Bertz CT molecular complexity index is 1130. The van der Waals surface area contributed by atoms with E-state index >= 15 is 0 Å². The molecule has 4 nitrogen and oxygen atoms in total. The van der Waals surface area contributed by atoms with Gasteiger partial charge in [0.05, 0.1) is 5.56 Å². The lowest BCUT2D eigenvalue weighted by Crippen LogP contribution is -2.20. The quantitative estimate of drug-likeness (QED) is 0.231. The topological polar surface area (TPSA) is 59.2 Å². The number of hydrogen-bond acceptors (Lipinski definition) is 3. The molecule has 1 unspecified atom stereocenters. The van der Waals surface area contributed by atoms with Crippen molar-refractivity contribution in [1.29, 1.82) is 0 Å². The summed E-state index contributed by atoms with van der Waals surface area (Å²) in [5.41, 5.74) is 2.41. The highest BCUT2D eigenvalue weighted by Gasteiger charge is 2.28. The minimum atomic E-state index is -1.02. The minimum absolute atomic E-state index is 0.262. The Hall–Kier alpha value is -2.93. The van der Waals surface area contributed by atoms with Crippen LogP contribution in [0.15, 0.2) is 85.1 Å². The van der Waals surface area contributed by atoms with E-state index in [1.165, 1.54) is 0 Å². The van der Waals surface area contributed by atoms with Gasteiger partial charge in [-0.25, -0.2) is 4.79 Å². The summed E-state index contributed by atoms with van der Waals surface area (Å²) in [6.07, 6.45) is 0.647. The van der Waals surface area contributed by atoms with E-state index < -0.39 is 12.1 Å². The molecule has 0 aliphatic rings. The minimum Gasteiger partial charge on any atom is -0.445 e. The van der Waals surface area contributed by atoms with Gasteiger partial charge in [-0.3, -0.25) is 4.79 Å². The summed E-state index contributed by atoms with van der Waals surface area (Å²) in [5, 5.41) is 0.804. The van der Waals surface area contributed by atoms with E-state index in [2.05, 4.69) is 27.6 Å². The third-order valence-corrected chi connectivity index (χ3v) is 5.22. The first-order valence-electron chi connectivity index (χ1n) is 8.75. The molecular formula is C23H16INO3. The maximum absolute atomic E-state index is 13.3. The Kier molecular flexibility index (Phi) is 5.25. The van der Waals surface area contributed by atoms with E-state index in [-0.39, 0.29) is 5.78 Å². The van der Waals surface area contributed by atoms with Gasteiger partial charge in [-0.05, 0) is 52.9 Å². The zero-order valence-corrected chi connectivity index (χ0v) is 16.9. The molecule has 0 radical (unpaired) electrons. The van der Waals surface area contributed by atoms with Gasteiger partial charge in [-0.15, -0.1) is 0 Å². The van der Waals surface area contributed by atoms with Gasteiger partial charge in [0.1, 0.15) is 0 Å². The van der Waals surface area contributed by atoms with E-state index in [9.17, 15) is 9.59 Å². The molecule has 0 aliphatic carbocycles. The first kappa shape index (κ1) is 18.4. The van der Waals surface area contributed by atoms with Crippen molar-refractivity contribution in [2.24, 2.45) is 0 Å². The number of nitrogens with one attached hydrogen (secondary N) is 1. The number of hydrogen-bond donors (Lipinski definition) is 1. The van der Waals surface area contributed by atoms with E-state index in [0.717, 1.165) is 14.5 Å². The molecule has 28 heavy (non-hydrogen) atoms.